The minimum atomic E-state index is -0.658. The number of hydrogen-bond donors (Lipinski definition) is 3. The van der Waals surface area contributed by atoms with Gasteiger partial charge in [-0.25, -0.2) is 14.2 Å². The van der Waals surface area contributed by atoms with Crippen LogP contribution in [0.3, 0.4) is 0 Å². The van der Waals surface area contributed by atoms with Crippen molar-refractivity contribution >= 4 is 74.2 Å². The molecule has 22 heteroatoms. The van der Waals surface area contributed by atoms with E-state index in [0.717, 1.165) is 73.2 Å². The summed E-state index contributed by atoms with van der Waals surface area (Å²) in [6.07, 6.45) is 8.11. The summed E-state index contributed by atoms with van der Waals surface area (Å²) in [7, 11) is 0. The first-order chi connectivity index (χ1) is 40.7. The number of pyridine rings is 1. The molecule has 7 unspecified atom stereocenters. The number of phenolic OH excluding ortho intramolecular Hbond substituents is 1. The Morgan fingerprint density at radius 1 is 0.929 bits per heavy atom. The van der Waals surface area contributed by atoms with E-state index in [4.69, 9.17) is 35.6 Å². The van der Waals surface area contributed by atoms with Crippen LogP contribution in [-0.2, 0) is 14.3 Å². The quantitative estimate of drug-likeness (QED) is 0.0873. The second-order valence-electron chi connectivity index (χ2n) is 24.1. The van der Waals surface area contributed by atoms with E-state index in [9.17, 15) is 19.5 Å². The number of carbonyl (C=O) groups is 3. The zero-order valence-corrected chi connectivity index (χ0v) is 49.3. The topological polar surface area (TPSA) is 208 Å². The summed E-state index contributed by atoms with van der Waals surface area (Å²) < 4.78 is 35.9. The maximum Gasteiger partial charge on any atom is 0.409 e. The number of nitrogens with zero attached hydrogens (tertiary/aromatic N) is 10. The number of benzene rings is 3. The van der Waals surface area contributed by atoms with E-state index in [0.29, 0.717) is 96.4 Å². The van der Waals surface area contributed by atoms with Crippen molar-refractivity contribution in [3.8, 4) is 33.5 Å². The summed E-state index contributed by atoms with van der Waals surface area (Å²) in [5.41, 5.74) is 5.00. The lowest BCUT2D eigenvalue weighted by Crippen LogP contribution is -2.51. The van der Waals surface area contributed by atoms with Crippen LogP contribution in [0.4, 0.5) is 20.8 Å². The van der Waals surface area contributed by atoms with Crippen LogP contribution in [0.1, 0.15) is 101 Å². The Bertz CT molecular complexity index is 3620. The van der Waals surface area contributed by atoms with Crippen molar-refractivity contribution in [1.29, 1.82) is 0 Å². The molecule has 6 saturated heterocycles. The van der Waals surface area contributed by atoms with Crippen molar-refractivity contribution < 1.29 is 37.9 Å². The summed E-state index contributed by atoms with van der Waals surface area (Å²) in [5, 5.41) is 24.1. The molecule has 7 aromatic rings. The number of likely N-dealkylation sites (tertiary alicyclic amines) is 1. The number of hydrogen-bond acceptors (Lipinski definition) is 17. The van der Waals surface area contributed by atoms with Crippen LogP contribution in [-0.4, -0.2) is 158 Å². The minimum absolute atomic E-state index is 0.0117. The molecule has 6 aliphatic heterocycles. The normalized spacial score (nSPS) is 23.2. The molecule has 7 atom stereocenters. The van der Waals surface area contributed by atoms with Crippen molar-refractivity contribution in [1.82, 2.24) is 50.4 Å². The van der Waals surface area contributed by atoms with Gasteiger partial charge in [0.05, 0.1) is 33.0 Å². The maximum atomic E-state index is 17.2. The van der Waals surface area contributed by atoms with E-state index in [-0.39, 0.29) is 89.7 Å². The summed E-state index contributed by atoms with van der Waals surface area (Å²) >= 11 is 8.30. The molecule has 3 N–H and O–H groups in total. The van der Waals surface area contributed by atoms with Crippen LogP contribution in [0.15, 0.2) is 76.9 Å². The molecule has 0 aliphatic carbocycles. The molecule has 3 aromatic carbocycles. The molecule has 6 aliphatic rings. The van der Waals surface area contributed by atoms with Gasteiger partial charge in [0.15, 0.2) is 17.4 Å². The highest BCUT2D eigenvalue weighted by atomic mass is 35.5. The lowest BCUT2D eigenvalue weighted by atomic mass is 9.91. The van der Waals surface area contributed by atoms with Crippen LogP contribution in [0, 0.1) is 18.7 Å². The first kappa shape index (κ1) is 56.0. The van der Waals surface area contributed by atoms with E-state index in [1.807, 2.05) is 57.5 Å². The van der Waals surface area contributed by atoms with Gasteiger partial charge in [-0.15, -0.1) is 11.3 Å². The molecule has 13 rings (SSSR count). The van der Waals surface area contributed by atoms with Crippen molar-refractivity contribution in [2.75, 3.05) is 75.4 Å². The number of phenols is 1. The summed E-state index contributed by atoms with van der Waals surface area (Å²) in [6, 6.07) is 18.2. The summed E-state index contributed by atoms with van der Waals surface area (Å²) in [5.74, 6) is -0.177. The van der Waals surface area contributed by atoms with E-state index in [1.54, 1.807) is 45.5 Å². The van der Waals surface area contributed by atoms with Crippen LogP contribution < -0.4 is 25.2 Å². The maximum absolute atomic E-state index is 17.2. The van der Waals surface area contributed by atoms with Gasteiger partial charge < -0.3 is 49.3 Å². The molecule has 3 amide bonds. The fraction of sp³-hybridized carbons (Fsp3) is 0.484. The minimum Gasteiger partial charge on any atom is -0.508 e. The number of fused-ring (bicyclic) bond motifs is 5. The van der Waals surface area contributed by atoms with Crippen LogP contribution >= 0.6 is 22.9 Å². The number of nitrogens with one attached hydrogen (secondary N) is 2. The molecule has 6 fully saturated rings. The van der Waals surface area contributed by atoms with Gasteiger partial charge in [0.2, 0.25) is 11.8 Å². The first-order valence-electron chi connectivity index (χ1n) is 29.6. The fourth-order valence-electron chi connectivity index (χ4n) is 14.1. The Morgan fingerprint density at radius 2 is 1.73 bits per heavy atom. The van der Waals surface area contributed by atoms with Crippen molar-refractivity contribution in [2.24, 2.45) is 5.92 Å². The van der Waals surface area contributed by atoms with E-state index in [1.165, 1.54) is 6.07 Å². The van der Waals surface area contributed by atoms with Gasteiger partial charge >= 0.3 is 12.1 Å². The monoisotopic (exact) mass is 1180 g/mol. The molecule has 440 valence electrons. The number of piperazine rings is 2. The van der Waals surface area contributed by atoms with Crippen LogP contribution in [0.25, 0.3) is 43.4 Å². The largest absolute Gasteiger partial charge is 0.508 e. The molecular weight excluding hydrogens is 1110 g/mol. The SMILES string of the molecule is Cc1ncsc1-c1ccc(C(C)NC(=O)C2CCCN2C(=O)C(c2cc(N3CCN(C(=O)OCC4CCC5(COc6nc(N7CC8CCC(C7)N8)c7cnc(-c8cc(O)cc9cccc(Cl)c89)c(F)c7n6)CCCN45)CC3)no2)C(C)C)cc1. The lowest BCUT2D eigenvalue weighted by Gasteiger charge is -2.36. The highest BCUT2D eigenvalue weighted by molar-refractivity contribution is 7.13. The molecule has 10 heterocycles. The average Bonchev–Trinajstić information content (AvgIpc) is 4.46. The van der Waals surface area contributed by atoms with Crippen molar-refractivity contribution in [3.63, 3.8) is 0 Å². The zero-order valence-electron chi connectivity index (χ0n) is 47.7. The van der Waals surface area contributed by atoms with Gasteiger partial charge in [-0.05, 0) is 112 Å². The Hall–Kier alpha value is -7.20. The van der Waals surface area contributed by atoms with Gasteiger partial charge in [-0.3, -0.25) is 19.5 Å². The lowest BCUT2D eigenvalue weighted by molar-refractivity contribution is -0.141. The molecule has 84 heavy (non-hydrogen) atoms. The van der Waals surface area contributed by atoms with Crippen molar-refractivity contribution in [2.45, 2.75) is 121 Å². The Kier molecular flexibility index (Phi) is 15.3. The molecule has 0 saturated carbocycles. The van der Waals surface area contributed by atoms with E-state index >= 15 is 4.39 Å². The summed E-state index contributed by atoms with van der Waals surface area (Å²) in [6.45, 7) is 12.9. The van der Waals surface area contributed by atoms with E-state index < -0.39 is 17.8 Å². The van der Waals surface area contributed by atoms with Gasteiger partial charge in [0, 0.05) is 92.2 Å². The third kappa shape index (κ3) is 10.6. The first-order valence-corrected chi connectivity index (χ1v) is 30.9. The van der Waals surface area contributed by atoms with Crippen LogP contribution in [0.5, 0.6) is 11.8 Å². The predicted octanol–water partition coefficient (Wildman–Crippen LogP) is 9.65. The molecule has 0 spiro atoms. The third-order valence-corrected chi connectivity index (χ3v) is 19.8. The number of aryl methyl sites for hydroxylation is 1. The number of carbonyl (C=O) groups excluding carboxylic acids is 3. The van der Waals surface area contributed by atoms with Crippen molar-refractivity contribution in [3.05, 3.63) is 100 Å². The second-order valence-corrected chi connectivity index (χ2v) is 25.3. The highest BCUT2D eigenvalue weighted by Crippen LogP contribution is 2.45. The number of ether oxygens (including phenoxy) is 2. The number of aromatic nitrogens is 5. The van der Waals surface area contributed by atoms with Gasteiger partial charge in [-0.2, -0.15) is 9.97 Å². The van der Waals surface area contributed by atoms with E-state index in [2.05, 4.69) is 52.6 Å². The van der Waals surface area contributed by atoms with Gasteiger partial charge in [0.25, 0.3) is 0 Å². The number of amides is 3. The number of thiazole rings is 1. The molecule has 4 aromatic heterocycles. The van der Waals surface area contributed by atoms with Gasteiger partial charge in [0.1, 0.15) is 48.0 Å². The average molecular weight is 1180 g/mol. The third-order valence-electron chi connectivity index (χ3n) is 18.5. The van der Waals surface area contributed by atoms with Gasteiger partial charge in [-0.1, -0.05) is 67.0 Å². The fourth-order valence-corrected chi connectivity index (χ4v) is 15.2. The standard InChI is InChI=1S/C62H70ClFN12O7S/c1-35(2)51(59(79)75-20-6-10-48(75)58(78)67-36(3)38-11-13-39(14-12-38)56-37(4)66-34-84-56)49-28-50(71-83-49)72-22-24-73(25-23-72)61(80)81-32-43-17-19-62(18-7-21-76(43)62)33-82-60-69-55-46(57(70-60)74-30-41-15-16-42(31-74)68-41)29-65-54(53(55)64)45-27-44(77)26-40-8-5-9-47(63)52(40)45/h5,8-9,11-14,26-29,34-36,41-43,48,51,68,77H,6-7,10,15-25,30-33H2,1-4H3,(H,67,78). The smallest absolute Gasteiger partial charge is 0.409 e. The Balaban J connectivity index is 0.628. The number of rotatable bonds is 15. The highest BCUT2D eigenvalue weighted by Gasteiger charge is 2.51. The number of aromatic hydroxyl groups is 1. The molecule has 0 radical (unpaired) electrons. The zero-order chi connectivity index (χ0) is 58.0. The Labute approximate surface area is 495 Å². The van der Waals surface area contributed by atoms with Crippen LogP contribution in [0.2, 0.25) is 5.02 Å². The predicted molar refractivity (Wildman–Crippen MR) is 319 cm³/mol. The summed E-state index contributed by atoms with van der Waals surface area (Å²) in [4.78, 5) is 72.0. The molecule has 2 bridgehead atoms. The Morgan fingerprint density at radius 3 is 2.49 bits per heavy atom. The second kappa shape index (κ2) is 23.0. The number of halogens is 2. The molecule has 19 nitrogen and oxygen atoms in total. The molecular formula is C62H70ClFN12O7S. The number of anilines is 2.